The Morgan fingerprint density at radius 3 is 2.94 bits per heavy atom. The number of nitrogens with zero attached hydrogens (tertiary/aromatic N) is 3. The Bertz CT molecular complexity index is 584. The predicted molar refractivity (Wildman–Crippen MR) is 64.4 cm³/mol. The summed E-state index contributed by atoms with van der Waals surface area (Å²) in [5, 5.41) is 8.86. The quantitative estimate of drug-likeness (QED) is 0.779. The van der Waals surface area contributed by atoms with E-state index >= 15 is 0 Å². The Labute approximate surface area is 103 Å². The number of anilines is 1. The van der Waals surface area contributed by atoms with Gasteiger partial charge in [-0.15, -0.1) is 0 Å². The number of H-pyrrole nitrogens is 1. The Kier molecular flexibility index (Phi) is 1.77. The largest absolute Gasteiger partial charge is 0.380 e. The molecule has 0 radical (unpaired) electrons. The van der Waals surface area contributed by atoms with E-state index < -0.39 is 0 Å². The fraction of sp³-hybridized carbons (Fsp3) is 0.455. The van der Waals surface area contributed by atoms with Gasteiger partial charge in [-0.1, -0.05) is 11.6 Å². The molecule has 2 saturated heterocycles. The summed E-state index contributed by atoms with van der Waals surface area (Å²) in [6.07, 6.45) is 1.78. The Morgan fingerprint density at radius 2 is 2.24 bits per heavy atom. The SMILES string of the molecule is Clc1cc2[nH]nc(N3CC4(COC4)C3)c2cn1. The normalized spacial score (nSPS) is 21.6. The number of pyridine rings is 1. The van der Waals surface area contributed by atoms with E-state index in [1.807, 2.05) is 0 Å². The van der Waals surface area contributed by atoms with E-state index in [0.717, 1.165) is 43.0 Å². The molecule has 4 heterocycles. The highest BCUT2D eigenvalue weighted by molar-refractivity contribution is 6.30. The van der Waals surface area contributed by atoms with Gasteiger partial charge in [0.1, 0.15) is 5.15 Å². The number of nitrogens with one attached hydrogen (secondary N) is 1. The van der Waals surface area contributed by atoms with Crippen LogP contribution in [0.1, 0.15) is 0 Å². The van der Waals surface area contributed by atoms with Gasteiger partial charge in [0.2, 0.25) is 0 Å². The van der Waals surface area contributed by atoms with Crippen molar-refractivity contribution in [2.45, 2.75) is 0 Å². The number of aromatic nitrogens is 3. The fourth-order valence-electron chi connectivity index (χ4n) is 2.60. The third-order valence-corrected chi connectivity index (χ3v) is 3.77. The van der Waals surface area contributed by atoms with Gasteiger partial charge in [-0.05, 0) is 0 Å². The molecule has 0 bridgehead atoms. The van der Waals surface area contributed by atoms with Crippen LogP contribution in [0.25, 0.3) is 10.9 Å². The maximum absolute atomic E-state index is 5.84. The molecule has 1 spiro atoms. The first-order valence-electron chi connectivity index (χ1n) is 5.58. The third kappa shape index (κ3) is 1.29. The van der Waals surface area contributed by atoms with Crippen LogP contribution in [0.3, 0.4) is 0 Å². The molecule has 6 heteroatoms. The van der Waals surface area contributed by atoms with Gasteiger partial charge in [0.25, 0.3) is 0 Å². The van der Waals surface area contributed by atoms with E-state index in [1.54, 1.807) is 12.3 Å². The Balaban J connectivity index is 1.68. The molecule has 17 heavy (non-hydrogen) atoms. The van der Waals surface area contributed by atoms with Crippen molar-refractivity contribution in [1.29, 1.82) is 0 Å². The molecule has 5 nitrogen and oxygen atoms in total. The number of aromatic amines is 1. The van der Waals surface area contributed by atoms with Crippen molar-refractivity contribution < 1.29 is 4.74 Å². The molecule has 2 fully saturated rings. The molecule has 0 unspecified atom stereocenters. The highest BCUT2D eigenvalue weighted by atomic mass is 35.5. The molecule has 0 atom stereocenters. The van der Waals surface area contributed by atoms with E-state index in [9.17, 15) is 0 Å². The second-order valence-corrected chi connectivity index (χ2v) is 5.34. The topological polar surface area (TPSA) is 54.0 Å². The first-order chi connectivity index (χ1) is 8.26. The second kappa shape index (κ2) is 3.11. The Morgan fingerprint density at radius 1 is 1.41 bits per heavy atom. The number of hydrogen-bond acceptors (Lipinski definition) is 4. The van der Waals surface area contributed by atoms with E-state index in [2.05, 4.69) is 20.1 Å². The van der Waals surface area contributed by atoms with E-state index in [1.165, 1.54) is 0 Å². The lowest BCUT2D eigenvalue weighted by Gasteiger charge is -2.55. The van der Waals surface area contributed by atoms with E-state index in [4.69, 9.17) is 16.3 Å². The summed E-state index contributed by atoms with van der Waals surface area (Å²) in [5.41, 5.74) is 1.33. The average Bonchev–Trinajstić information content (AvgIpc) is 2.57. The zero-order valence-corrected chi connectivity index (χ0v) is 9.87. The summed E-state index contributed by atoms with van der Waals surface area (Å²) in [5.74, 6) is 0.974. The van der Waals surface area contributed by atoms with E-state index in [0.29, 0.717) is 10.6 Å². The first kappa shape index (κ1) is 9.67. The molecule has 88 valence electrons. The average molecular weight is 251 g/mol. The van der Waals surface area contributed by atoms with Crippen LogP contribution in [-0.4, -0.2) is 41.5 Å². The molecule has 0 aliphatic carbocycles. The molecule has 1 N–H and O–H groups in total. The van der Waals surface area contributed by atoms with Crippen LogP contribution < -0.4 is 4.90 Å². The van der Waals surface area contributed by atoms with Crippen molar-refractivity contribution in [3.8, 4) is 0 Å². The molecule has 2 aromatic rings. The molecular weight excluding hydrogens is 240 g/mol. The zero-order chi connectivity index (χ0) is 11.5. The minimum absolute atomic E-state index is 0.394. The summed E-state index contributed by atoms with van der Waals surface area (Å²) in [6.45, 7) is 3.82. The molecule has 4 rings (SSSR count). The van der Waals surface area contributed by atoms with Crippen LogP contribution in [0, 0.1) is 5.41 Å². The van der Waals surface area contributed by atoms with Crippen molar-refractivity contribution in [2.24, 2.45) is 5.41 Å². The van der Waals surface area contributed by atoms with Crippen LogP contribution >= 0.6 is 11.6 Å². The van der Waals surface area contributed by atoms with Crippen molar-refractivity contribution in [3.05, 3.63) is 17.4 Å². The van der Waals surface area contributed by atoms with Crippen molar-refractivity contribution in [2.75, 3.05) is 31.2 Å². The fourth-order valence-corrected chi connectivity index (χ4v) is 2.76. The molecule has 2 aliphatic rings. The third-order valence-electron chi connectivity index (χ3n) is 3.56. The van der Waals surface area contributed by atoms with Crippen molar-refractivity contribution in [1.82, 2.24) is 15.2 Å². The van der Waals surface area contributed by atoms with Crippen LogP contribution in [0.4, 0.5) is 5.82 Å². The number of fused-ring (bicyclic) bond motifs is 1. The van der Waals surface area contributed by atoms with Gasteiger partial charge in [-0.3, -0.25) is 5.10 Å². The summed E-state index contributed by atoms with van der Waals surface area (Å²) < 4.78 is 5.26. The number of halogens is 1. The van der Waals surface area contributed by atoms with Crippen LogP contribution in [-0.2, 0) is 4.74 Å². The van der Waals surface area contributed by atoms with Gasteiger partial charge >= 0.3 is 0 Å². The van der Waals surface area contributed by atoms with Gasteiger partial charge < -0.3 is 9.64 Å². The summed E-state index contributed by atoms with van der Waals surface area (Å²) in [7, 11) is 0. The molecule has 0 amide bonds. The van der Waals surface area contributed by atoms with Gasteiger partial charge in [-0.2, -0.15) is 5.10 Å². The predicted octanol–water partition coefficient (Wildman–Crippen LogP) is 1.45. The molecule has 2 aliphatic heterocycles. The minimum atomic E-state index is 0.394. The van der Waals surface area contributed by atoms with Crippen molar-refractivity contribution in [3.63, 3.8) is 0 Å². The summed E-state index contributed by atoms with van der Waals surface area (Å²) in [4.78, 5) is 6.37. The smallest absolute Gasteiger partial charge is 0.159 e. The van der Waals surface area contributed by atoms with Gasteiger partial charge in [0.15, 0.2) is 5.82 Å². The Hall–Kier alpha value is -1.33. The maximum Gasteiger partial charge on any atom is 0.159 e. The molecule has 0 aromatic carbocycles. The zero-order valence-electron chi connectivity index (χ0n) is 9.11. The van der Waals surface area contributed by atoms with Gasteiger partial charge in [-0.25, -0.2) is 4.98 Å². The molecule has 0 saturated carbocycles. The van der Waals surface area contributed by atoms with Crippen LogP contribution in [0.5, 0.6) is 0 Å². The number of ether oxygens (including phenoxy) is 1. The molecule has 2 aromatic heterocycles. The van der Waals surface area contributed by atoms with Crippen LogP contribution in [0.2, 0.25) is 5.15 Å². The van der Waals surface area contributed by atoms with Crippen molar-refractivity contribution >= 4 is 28.3 Å². The standard InChI is InChI=1S/C11H11ClN4O/c12-9-1-8-7(2-13-9)10(15-14-8)16-3-11(4-16)5-17-6-11/h1-2H,3-6H2,(H,14,15). The lowest BCUT2D eigenvalue weighted by Crippen LogP contribution is -2.66. The monoisotopic (exact) mass is 250 g/mol. The maximum atomic E-state index is 5.84. The van der Waals surface area contributed by atoms with Gasteiger partial charge in [0, 0.05) is 25.4 Å². The van der Waals surface area contributed by atoms with E-state index in [-0.39, 0.29) is 0 Å². The molecular formula is C11H11ClN4O. The highest BCUT2D eigenvalue weighted by Crippen LogP contribution is 2.41. The lowest BCUT2D eigenvalue weighted by atomic mass is 9.78. The first-order valence-corrected chi connectivity index (χ1v) is 5.96. The lowest BCUT2D eigenvalue weighted by molar-refractivity contribution is -0.127. The minimum Gasteiger partial charge on any atom is -0.380 e. The summed E-state index contributed by atoms with van der Waals surface area (Å²) in [6, 6.07) is 1.80. The second-order valence-electron chi connectivity index (χ2n) is 4.95. The number of rotatable bonds is 1. The highest BCUT2D eigenvalue weighted by Gasteiger charge is 2.49. The summed E-state index contributed by atoms with van der Waals surface area (Å²) >= 11 is 5.84. The number of hydrogen-bond donors (Lipinski definition) is 1. The van der Waals surface area contributed by atoms with Crippen LogP contribution in [0.15, 0.2) is 12.3 Å². The van der Waals surface area contributed by atoms with Gasteiger partial charge in [0.05, 0.1) is 29.5 Å².